The molecule has 1 unspecified atom stereocenters. The molecule has 1 fully saturated rings. The quantitative estimate of drug-likeness (QED) is 0.833. The predicted octanol–water partition coefficient (Wildman–Crippen LogP) is 2.31. The van der Waals surface area contributed by atoms with Gasteiger partial charge in [-0.3, -0.25) is 0 Å². The lowest BCUT2D eigenvalue weighted by Crippen LogP contribution is -2.20. The average molecular weight is 246 g/mol. The van der Waals surface area contributed by atoms with E-state index in [2.05, 4.69) is 9.38 Å². The molecule has 1 saturated heterocycles. The first-order valence-corrected chi connectivity index (χ1v) is 6.45. The van der Waals surface area contributed by atoms with Crippen molar-refractivity contribution in [3.8, 4) is 5.75 Å². The summed E-state index contributed by atoms with van der Waals surface area (Å²) in [5, 5.41) is 0. The number of aromatic nitrogens is 2. The molecule has 0 amide bonds. The predicted molar refractivity (Wildman–Crippen MR) is 69.0 cm³/mol. The van der Waals surface area contributed by atoms with Gasteiger partial charge in [0.2, 0.25) is 0 Å². The van der Waals surface area contributed by atoms with Crippen molar-refractivity contribution in [2.75, 3.05) is 20.3 Å². The van der Waals surface area contributed by atoms with Gasteiger partial charge in [0.05, 0.1) is 13.3 Å². The highest BCUT2D eigenvalue weighted by molar-refractivity contribution is 5.59. The standard InChI is InChI=1S/C14H18N2O2/c1-17-13-5-2-6-16-12(13)9-15-14(16)8-11-4-3-7-18-10-11/h2,5-6,9,11H,3-4,7-8,10H2,1H3. The third-order valence-electron chi connectivity index (χ3n) is 3.55. The zero-order valence-corrected chi connectivity index (χ0v) is 10.6. The van der Waals surface area contributed by atoms with Gasteiger partial charge in [0.25, 0.3) is 0 Å². The van der Waals surface area contributed by atoms with Crippen molar-refractivity contribution in [3.63, 3.8) is 0 Å². The Morgan fingerprint density at radius 1 is 1.56 bits per heavy atom. The number of hydrogen-bond donors (Lipinski definition) is 0. The van der Waals surface area contributed by atoms with Gasteiger partial charge in [-0.2, -0.15) is 0 Å². The Kier molecular flexibility index (Phi) is 3.19. The molecule has 3 heterocycles. The zero-order valence-electron chi connectivity index (χ0n) is 10.6. The van der Waals surface area contributed by atoms with Crippen molar-refractivity contribution in [1.82, 2.24) is 9.38 Å². The number of fused-ring (bicyclic) bond motifs is 1. The van der Waals surface area contributed by atoms with Gasteiger partial charge < -0.3 is 13.9 Å². The molecule has 0 aromatic carbocycles. The molecule has 1 aliphatic heterocycles. The molecule has 0 radical (unpaired) electrons. The van der Waals surface area contributed by atoms with Crippen molar-refractivity contribution in [3.05, 3.63) is 30.4 Å². The Bertz CT molecular complexity index is 530. The summed E-state index contributed by atoms with van der Waals surface area (Å²) in [6, 6.07) is 3.96. The summed E-state index contributed by atoms with van der Waals surface area (Å²) in [5.41, 5.74) is 1.03. The highest BCUT2D eigenvalue weighted by atomic mass is 16.5. The molecule has 3 rings (SSSR count). The second-order valence-corrected chi connectivity index (χ2v) is 4.79. The monoisotopic (exact) mass is 246 g/mol. The van der Waals surface area contributed by atoms with Crippen molar-refractivity contribution >= 4 is 5.52 Å². The maximum Gasteiger partial charge on any atom is 0.144 e. The van der Waals surface area contributed by atoms with Crippen LogP contribution in [0.25, 0.3) is 5.52 Å². The fourth-order valence-electron chi connectivity index (χ4n) is 2.60. The van der Waals surface area contributed by atoms with Crippen LogP contribution in [-0.2, 0) is 11.2 Å². The third-order valence-corrected chi connectivity index (χ3v) is 3.55. The number of nitrogens with zero attached hydrogens (tertiary/aromatic N) is 2. The molecule has 18 heavy (non-hydrogen) atoms. The van der Waals surface area contributed by atoms with Crippen LogP contribution in [-0.4, -0.2) is 29.7 Å². The maximum absolute atomic E-state index is 5.53. The van der Waals surface area contributed by atoms with E-state index in [1.807, 2.05) is 24.5 Å². The molecule has 4 heteroatoms. The van der Waals surface area contributed by atoms with Crippen LogP contribution >= 0.6 is 0 Å². The summed E-state index contributed by atoms with van der Waals surface area (Å²) in [6.45, 7) is 1.77. The summed E-state index contributed by atoms with van der Waals surface area (Å²) in [4.78, 5) is 4.53. The Morgan fingerprint density at radius 2 is 2.50 bits per heavy atom. The number of pyridine rings is 1. The molecule has 0 saturated carbocycles. The topological polar surface area (TPSA) is 35.8 Å². The maximum atomic E-state index is 5.53. The number of hydrogen-bond acceptors (Lipinski definition) is 3. The summed E-state index contributed by atoms with van der Waals surface area (Å²) in [6.07, 6.45) is 7.30. The van der Waals surface area contributed by atoms with E-state index in [-0.39, 0.29) is 0 Å². The average Bonchev–Trinajstić information content (AvgIpc) is 2.83. The van der Waals surface area contributed by atoms with Gasteiger partial charge >= 0.3 is 0 Å². The fourth-order valence-corrected chi connectivity index (χ4v) is 2.60. The van der Waals surface area contributed by atoms with E-state index >= 15 is 0 Å². The summed E-state index contributed by atoms with van der Waals surface area (Å²) >= 11 is 0. The fraction of sp³-hybridized carbons (Fsp3) is 0.500. The van der Waals surface area contributed by atoms with Gasteiger partial charge in [0.1, 0.15) is 17.1 Å². The van der Waals surface area contributed by atoms with Crippen LogP contribution in [0.3, 0.4) is 0 Å². The second-order valence-electron chi connectivity index (χ2n) is 4.79. The van der Waals surface area contributed by atoms with Gasteiger partial charge in [-0.05, 0) is 30.9 Å². The number of methoxy groups -OCH3 is 1. The minimum Gasteiger partial charge on any atom is -0.494 e. The summed E-state index contributed by atoms with van der Waals surface area (Å²) < 4.78 is 13.0. The minimum atomic E-state index is 0.593. The number of rotatable bonds is 3. The van der Waals surface area contributed by atoms with Gasteiger partial charge in [-0.1, -0.05) is 0 Å². The first kappa shape index (κ1) is 11.5. The van der Waals surface area contributed by atoms with Crippen molar-refractivity contribution < 1.29 is 9.47 Å². The Balaban J connectivity index is 1.88. The van der Waals surface area contributed by atoms with Crippen LogP contribution in [0, 0.1) is 5.92 Å². The zero-order chi connectivity index (χ0) is 12.4. The lowest BCUT2D eigenvalue weighted by Gasteiger charge is -2.21. The summed E-state index contributed by atoms with van der Waals surface area (Å²) in [7, 11) is 1.69. The van der Waals surface area contributed by atoms with Gasteiger partial charge in [-0.15, -0.1) is 0 Å². The molecule has 96 valence electrons. The second kappa shape index (κ2) is 4.98. The Hall–Kier alpha value is -1.55. The van der Waals surface area contributed by atoms with E-state index in [0.717, 1.165) is 43.1 Å². The van der Waals surface area contributed by atoms with Gasteiger partial charge in [0.15, 0.2) is 0 Å². The molecule has 0 aliphatic carbocycles. The molecule has 0 N–H and O–H groups in total. The van der Waals surface area contributed by atoms with E-state index in [9.17, 15) is 0 Å². The van der Waals surface area contributed by atoms with Crippen LogP contribution in [0.4, 0.5) is 0 Å². The van der Waals surface area contributed by atoms with E-state index in [1.54, 1.807) is 7.11 Å². The molecule has 2 aromatic rings. The highest BCUT2D eigenvalue weighted by Gasteiger charge is 2.17. The van der Waals surface area contributed by atoms with Crippen molar-refractivity contribution in [1.29, 1.82) is 0 Å². The molecule has 0 spiro atoms. The minimum absolute atomic E-state index is 0.593. The third kappa shape index (κ3) is 2.08. The summed E-state index contributed by atoms with van der Waals surface area (Å²) in [5.74, 6) is 2.56. The lowest BCUT2D eigenvalue weighted by molar-refractivity contribution is 0.0542. The van der Waals surface area contributed by atoms with Gasteiger partial charge in [-0.25, -0.2) is 4.98 Å². The highest BCUT2D eigenvalue weighted by Crippen LogP contribution is 2.23. The molecule has 4 nitrogen and oxygen atoms in total. The van der Waals surface area contributed by atoms with E-state index in [0.29, 0.717) is 5.92 Å². The largest absolute Gasteiger partial charge is 0.494 e. The molecule has 1 atom stereocenters. The van der Waals surface area contributed by atoms with Crippen LogP contribution in [0.5, 0.6) is 5.75 Å². The van der Waals surface area contributed by atoms with Crippen molar-refractivity contribution in [2.45, 2.75) is 19.3 Å². The number of imidazole rings is 1. The molecule has 2 aromatic heterocycles. The van der Waals surface area contributed by atoms with E-state index in [4.69, 9.17) is 9.47 Å². The first-order chi connectivity index (χ1) is 8.88. The molecule has 0 bridgehead atoms. The molecular weight excluding hydrogens is 228 g/mol. The lowest BCUT2D eigenvalue weighted by atomic mass is 9.98. The first-order valence-electron chi connectivity index (χ1n) is 6.45. The van der Waals surface area contributed by atoms with Crippen LogP contribution < -0.4 is 4.74 Å². The Morgan fingerprint density at radius 3 is 3.28 bits per heavy atom. The SMILES string of the molecule is COc1cccn2c(CC3CCCOC3)ncc12. The van der Waals surface area contributed by atoms with Crippen LogP contribution in [0.15, 0.2) is 24.5 Å². The Labute approximate surface area is 107 Å². The van der Waals surface area contributed by atoms with Gasteiger partial charge in [0, 0.05) is 25.8 Å². The molecular formula is C14H18N2O2. The number of ether oxygens (including phenoxy) is 2. The van der Waals surface area contributed by atoms with E-state index < -0.39 is 0 Å². The normalized spacial score (nSPS) is 20.2. The van der Waals surface area contributed by atoms with E-state index in [1.165, 1.54) is 6.42 Å². The van der Waals surface area contributed by atoms with Crippen LogP contribution in [0.2, 0.25) is 0 Å². The smallest absolute Gasteiger partial charge is 0.144 e. The molecule has 1 aliphatic rings. The van der Waals surface area contributed by atoms with Crippen molar-refractivity contribution in [2.24, 2.45) is 5.92 Å². The van der Waals surface area contributed by atoms with Crippen LogP contribution in [0.1, 0.15) is 18.7 Å².